The molecule has 9 atom stereocenters. The summed E-state index contributed by atoms with van der Waals surface area (Å²) in [6, 6.07) is 8.59. The van der Waals surface area contributed by atoms with Crippen molar-refractivity contribution in [3.8, 4) is 16.9 Å². The molecule has 6 rings (SSSR count). The van der Waals surface area contributed by atoms with Gasteiger partial charge in [-0.2, -0.15) is 5.06 Å². The monoisotopic (exact) mass is 737 g/mol. The highest BCUT2D eigenvalue weighted by molar-refractivity contribution is 5.97. The number of nitrogens with zero attached hydrogens (tertiary/aromatic N) is 3. The van der Waals surface area contributed by atoms with Crippen LogP contribution in [0.15, 0.2) is 36.4 Å². The molecule has 13 nitrogen and oxygen atoms in total. The smallest absolute Gasteiger partial charge is 0.270 e. The fraction of sp³-hybridized carbons (Fsp3) is 0.650. The minimum absolute atomic E-state index is 0.00869. The van der Waals surface area contributed by atoms with E-state index in [0.717, 1.165) is 12.8 Å². The van der Waals surface area contributed by atoms with Gasteiger partial charge in [0.15, 0.2) is 0 Å². The van der Waals surface area contributed by atoms with Gasteiger partial charge in [0, 0.05) is 53.4 Å². The average molecular weight is 738 g/mol. The number of rotatable bonds is 15. The Labute approximate surface area is 313 Å². The Morgan fingerprint density at radius 1 is 1.17 bits per heavy atom. The number of nitro benzene ring substituents is 1. The number of non-ortho nitro benzene ring substituents is 1. The molecule has 3 aliphatic carbocycles. The van der Waals surface area contributed by atoms with E-state index < -0.39 is 41.6 Å². The average Bonchev–Trinajstić information content (AvgIpc) is 3.46. The zero-order valence-electron chi connectivity index (χ0n) is 32.7. The SMILES string of the molecule is COc1c(CN2O[C@@H](CO)[C@@H]([C@H](C)O)[C@H]2C(=O)N[C@H]2C[C@@H]3C[C@H]([C@@H]2C)C3(C)C)cccc1-c1cc(C(=O)N[C@@H](CC(C)C)CN(C)C)cc([N+](=O)[O-])c1. The summed E-state index contributed by atoms with van der Waals surface area (Å²) in [6.07, 6.45) is 1.03. The highest BCUT2D eigenvalue weighted by Gasteiger charge is 2.57. The summed E-state index contributed by atoms with van der Waals surface area (Å²) in [5.41, 5.74) is 1.70. The van der Waals surface area contributed by atoms with E-state index in [1.165, 1.54) is 30.7 Å². The molecule has 1 aliphatic heterocycles. The number of carbonyl (C=O) groups excluding carboxylic acids is 2. The van der Waals surface area contributed by atoms with E-state index in [1.807, 2.05) is 25.1 Å². The number of methoxy groups -OCH3 is 1. The zero-order valence-corrected chi connectivity index (χ0v) is 32.7. The van der Waals surface area contributed by atoms with Crippen LogP contribution in [-0.2, 0) is 16.2 Å². The van der Waals surface area contributed by atoms with Crippen LogP contribution in [0.25, 0.3) is 11.1 Å². The summed E-state index contributed by atoms with van der Waals surface area (Å²) in [6.45, 7) is 12.9. The topological polar surface area (TPSA) is 167 Å². The van der Waals surface area contributed by atoms with Crippen LogP contribution >= 0.6 is 0 Å². The molecule has 3 saturated carbocycles. The normalized spacial score (nSPS) is 27.6. The van der Waals surface area contributed by atoms with Gasteiger partial charge in [-0.3, -0.25) is 24.5 Å². The van der Waals surface area contributed by atoms with E-state index in [1.54, 1.807) is 25.1 Å². The molecule has 0 unspecified atom stereocenters. The number of carbonyl (C=O) groups is 2. The molecule has 0 aromatic heterocycles. The molecule has 1 saturated heterocycles. The predicted molar refractivity (Wildman–Crippen MR) is 202 cm³/mol. The number of para-hydroxylation sites is 1. The lowest BCUT2D eigenvalue weighted by Crippen LogP contribution is -2.62. The van der Waals surface area contributed by atoms with Gasteiger partial charge in [-0.15, -0.1) is 0 Å². The van der Waals surface area contributed by atoms with Crippen molar-refractivity contribution in [1.29, 1.82) is 0 Å². The fourth-order valence-electron chi connectivity index (χ4n) is 9.29. The summed E-state index contributed by atoms with van der Waals surface area (Å²) in [7, 11) is 5.35. The Morgan fingerprint density at radius 2 is 1.89 bits per heavy atom. The lowest BCUT2D eigenvalue weighted by molar-refractivity contribution is -0.384. The third kappa shape index (κ3) is 8.54. The van der Waals surface area contributed by atoms with Crippen LogP contribution in [0.3, 0.4) is 0 Å². The first-order valence-corrected chi connectivity index (χ1v) is 18.9. The van der Waals surface area contributed by atoms with Crippen molar-refractivity contribution in [2.75, 3.05) is 34.4 Å². The third-order valence-electron chi connectivity index (χ3n) is 12.1. The van der Waals surface area contributed by atoms with Gasteiger partial charge in [-0.25, -0.2) is 0 Å². The minimum Gasteiger partial charge on any atom is -0.496 e. The number of hydroxylamine groups is 2. The molecule has 2 aromatic carbocycles. The van der Waals surface area contributed by atoms with Crippen LogP contribution in [0, 0.1) is 45.1 Å². The van der Waals surface area contributed by atoms with Crippen molar-refractivity contribution in [3.63, 3.8) is 0 Å². The second-order valence-electron chi connectivity index (χ2n) is 16.8. The summed E-state index contributed by atoms with van der Waals surface area (Å²) >= 11 is 0. The fourth-order valence-corrected chi connectivity index (χ4v) is 9.29. The highest BCUT2D eigenvalue weighted by atomic mass is 16.7. The predicted octanol–water partition coefficient (Wildman–Crippen LogP) is 4.64. The van der Waals surface area contributed by atoms with Crippen molar-refractivity contribution >= 4 is 17.5 Å². The van der Waals surface area contributed by atoms with Crippen LogP contribution in [-0.4, -0.2) is 102 Å². The molecular formula is C40H59N5O8. The van der Waals surface area contributed by atoms with Gasteiger partial charge in [-0.1, -0.05) is 52.8 Å². The van der Waals surface area contributed by atoms with E-state index in [2.05, 4.69) is 45.3 Å². The van der Waals surface area contributed by atoms with Gasteiger partial charge in [0.05, 0.1) is 31.3 Å². The van der Waals surface area contributed by atoms with Crippen LogP contribution in [0.5, 0.6) is 5.75 Å². The number of amides is 2. The Hall–Kier alpha value is -3.62. The summed E-state index contributed by atoms with van der Waals surface area (Å²) in [4.78, 5) is 47.6. The van der Waals surface area contributed by atoms with Crippen LogP contribution in [0.1, 0.15) is 76.7 Å². The van der Waals surface area contributed by atoms with Crippen molar-refractivity contribution in [2.24, 2.45) is 35.0 Å². The number of hydrogen-bond acceptors (Lipinski definition) is 10. The van der Waals surface area contributed by atoms with Crippen LogP contribution in [0.2, 0.25) is 0 Å². The van der Waals surface area contributed by atoms with E-state index in [4.69, 9.17) is 9.57 Å². The minimum atomic E-state index is -0.954. The van der Waals surface area contributed by atoms with Crippen molar-refractivity contribution in [3.05, 3.63) is 57.6 Å². The first kappa shape index (κ1) is 40.6. The Kier molecular flexibility index (Phi) is 12.6. The molecule has 0 radical (unpaired) electrons. The maximum atomic E-state index is 14.2. The number of likely N-dealkylation sites (N-methyl/N-ethyl adjacent to an activating group) is 1. The highest BCUT2D eigenvalue weighted by Crippen LogP contribution is 2.61. The molecule has 4 fully saturated rings. The van der Waals surface area contributed by atoms with E-state index >= 15 is 0 Å². The van der Waals surface area contributed by atoms with Crippen molar-refractivity contribution in [1.82, 2.24) is 20.6 Å². The molecular weight excluding hydrogens is 678 g/mol. The zero-order chi connectivity index (χ0) is 38.9. The number of benzene rings is 2. The van der Waals surface area contributed by atoms with Gasteiger partial charge in [0.25, 0.3) is 11.6 Å². The number of aliphatic hydroxyl groups is 2. The van der Waals surface area contributed by atoms with E-state index in [0.29, 0.717) is 52.7 Å². The molecule has 0 spiro atoms. The number of fused-ring (bicyclic) bond motifs is 2. The summed E-state index contributed by atoms with van der Waals surface area (Å²) in [5, 5.41) is 41.2. The molecule has 4 aliphatic rings. The molecule has 53 heavy (non-hydrogen) atoms. The second kappa shape index (κ2) is 16.4. The third-order valence-corrected chi connectivity index (χ3v) is 12.1. The Balaban J connectivity index is 1.45. The molecule has 2 bridgehead atoms. The molecule has 2 amide bonds. The quantitative estimate of drug-likeness (QED) is 0.150. The van der Waals surface area contributed by atoms with Crippen molar-refractivity contribution < 1.29 is 34.3 Å². The lowest BCUT2D eigenvalue weighted by Gasteiger charge is -2.62. The lowest BCUT2D eigenvalue weighted by atomic mass is 9.45. The maximum absolute atomic E-state index is 14.2. The standard InChI is InChI=1S/C40H59N5O8/c1-22(2)13-29(20-43(7)8)41-38(48)27-14-26(15-30(16-27)45(50)51)31-12-10-11-25(37(31)52-9)19-44-36(35(24(4)47)34(21-46)53-44)39(49)42-33-18-28-17-32(23(33)3)40(28,5)6/h10-12,14-16,22-24,28-29,32-36,46-47H,13,17-21H2,1-9H3,(H,41,48)(H,42,49)/t23-,24-,28-,29-,32+,33-,34-,35+,36-/m0/s1. The number of nitrogens with one attached hydrogen (secondary N) is 2. The number of ether oxygens (including phenoxy) is 1. The number of nitro groups is 1. The Morgan fingerprint density at radius 3 is 2.45 bits per heavy atom. The first-order chi connectivity index (χ1) is 25.0. The van der Waals surface area contributed by atoms with Gasteiger partial charge in [-0.05, 0) is 81.0 Å². The summed E-state index contributed by atoms with van der Waals surface area (Å²) in [5.74, 6) is 0.681. The Bertz CT molecular complexity index is 1640. The summed E-state index contributed by atoms with van der Waals surface area (Å²) < 4.78 is 5.93. The van der Waals surface area contributed by atoms with Gasteiger partial charge >= 0.3 is 0 Å². The molecule has 1 heterocycles. The molecule has 292 valence electrons. The molecule has 4 N–H and O–H groups in total. The van der Waals surface area contributed by atoms with E-state index in [9.17, 15) is 29.9 Å². The van der Waals surface area contributed by atoms with Crippen LogP contribution in [0.4, 0.5) is 5.69 Å². The molecule has 13 heteroatoms. The van der Waals surface area contributed by atoms with E-state index in [-0.39, 0.29) is 41.2 Å². The molecule has 2 aromatic rings. The number of hydrogen-bond donors (Lipinski definition) is 4. The van der Waals surface area contributed by atoms with Gasteiger partial charge in [0.2, 0.25) is 5.91 Å². The van der Waals surface area contributed by atoms with Crippen molar-refractivity contribution in [2.45, 2.75) is 97.7 Å². The first-order valence-electron chi connectivity index (χ1n) is 18.9. The maximum Gasteiger partial charge on any atom is 0.270 e. The van der Waals surface area contributed by atoms with Gasteiger partial charge in [0.1, 0.15) is 17.9 Å². The van der Waals surface area contributed by atoms with Crippen LogP contribution < -0.4 is 15.4 Å². The number of aliphatic hydroxyl groups excluding tert-OH is 2. The largest absolute Gasteiger partial charge is 0.496 e. The van der Waals surface area contributed by atoms with Gasteiger partial charge < -0.3 is 30.5 Å². The second-order valence-corrected chi connectivity index (χ2v) is 16.8.